The summed E-state index contributed by atoms with van der Waals surface area (Å²) in [6, 6.07) is 4.01. The van der Waals surface area contributed by atoms with E-state index in [1.54, 1.807) is 6.20 Å². The molecule has 3 rings (SSSR count). The fourth-order valence-corrected chi connectivity index (χ4v) is 2.88. The molecule has 0 radical (unpaired) electrons. The topological polar surface area (TPSA) is 70.7 Å². The van der Waals surface area contributed by atoms with Crippen LogP contribution >= 0.6 is 0 Å². The summed E-state index contributed by atoms with van der Waals surface area (Å²) < 4.78 is 0. The van der Waals surface area contributed by atoms with E-state index in [1.807, 2.05) is 32.9 Å². The Morgan fingerprint density at radius 3 is 2.77 bits per heavy atom. The van der Waals surface area contributed by atoms with Gasteiger partial charge in [0.15, 0.2) is 0 Å². The van der Waals surface area contributed by atoms with E-state index in [1.165, 1.54) is 0 Å². The van der Waals surface area contributed by atoms with Gasteiger partial charge in [0.05, 0.1) is 23.9 Å². The van der Waals surface area contributed by atoms with E-state index in [9.17, 15) is 4.79 Å². The number of aryl methyl sites for hydroxylation is 3. The second-order valence-corrected chi connectivity index (χ2v) is 6.18. The van der Waals surface area contributed by atoms with Crippen LogP contribution in [-0.2, 0) is 11.2 Å². The van der Waals surface area contributed by atoms with Gasteiger partial charge < -0.3 is 5.32 Å². The Bertz CT molecular complexity index is 668. The number of hydrogen-bond donors (Lipinski definition) is 2. The second kappa shape index (κ2) is 5.91. The Labute approximate surface area is 130 Å². The number of nitrogens with zero attached hydrogens (tertiary/aromatic N) is 2. The largest absolute Gasteiger partial charge is 0.347 e. The molecule has 22 heavy (non-hydrogen) atoms. The summed E-state index contributed by atoms with van der Waals surface area (Å²) >= 11 is 0. The first kappa shape index (κ1) is 14.8. The first-order chi connectivity index (χ1) is 10.6. The van der Waals surface area contributed by atoms with Gasteiger partial charge in [-0.05, 0) is 51.2 Å². The lowest BCUT2D eigenvalue weighted by Gasteiger charge is -2.19. The van der Waals surface area contributed by atoms with E-state index >= 15 is 0 Å². The Morgan fingerprint density at radius 1 is 1.41 bits per heavy atom. The molecule has 5 nitrogen and oxygen atoms in total. The van der Waals surface area contributed by atoms with E-state index in [0.29, 0.717) is 12.3 Å². The number of carbonyl (C=O) groups excluding carboxylic acids is 1. The fourth-order valence-electron chi connectivity index (χ4n) is 2.88. The van der Waals surface area contributed by atoms with Crippen LogP contribution in [0.15, 0.2) is 18.3 Å². The average molecular weight is 298 g/mol. The number of aromatic nitrogens is 3. The lowest BCUT2D eigenvalue weighted by Crippen LogP contribution is -2.32. The van der Waals surface area contributed by atoms with Crippen molar-refractivity contribution in [3.63, 3.8) is 0 Å². The number of carbonyl (C=O) groups is 1. The third-order valence-corrected chi connectivity index (χ3v) is 4.37. The van der Waals surface area contributed by atoms with Gasteiger partial charge in [0.1, 0.15) is 0 Å². The summed E-state index contributed by atoms with van der Waals surface area (Å²) in [5.41, 5.74) is 4.98. The monoisotopic (exact) mass is 298 g/mol. The number of nitrogens with one attached hydrogen (secondary N) is 2. The fraction of sp³-hybridized carbons (Fsp3) is 0.471. The molecule has 0 saturated heterocycles. The van der Waals surface area contributed by atoms with Gasteiger partial charge in [-0.25, -0.2) is 0 Å². The maximum atomic E-state index is 12.5. The minimum atomic E-state index is 0.0289. The van der Waals surface area contributed by atoms with Gasteiger partial charge in [-0.15, -0.1) is 0 Å². The first-order valence-electron chi connectivity index (χ1n) is 7.77. The van der Waals surface area contributed by atoms with Gasteiger partial charge in [-0.3, -0.25) is 14.9 Å². The van der Waals surface area contributed by atoms with Crippen LogP contribution in [0.1, 0.15) is 47.1 Å². The van der Waals surface area contributed by atoms with E-state index in [2.05, 4.69) is 20.5 Å². The van der Waals surface area contributed by atoms with Crippen LogP contribution in [0, 0.1) is 26.7 Å². The predicted octanol–water partition coefficient (Wildman–Crippen LogP) is 2.54. The van der Waals surface area contributed by atoms with Crippen LogP contribution < -0.4 is 5.32 Å². The Morgan fingerprint density at radius 2 is 2.18 bits per heavy atom. The Hall–Kier alpha value is -2.17. The maximum Gasteiger partial charge on any atom is 0.225 e. The SMILES string of the molecule is Cc1cccnc1[C@@H](NC(=O)Cc1c(C)n[nH]c1C)C1CC1. The average Bonchev–Trinajstić information content (AvgIpc) is 3.28. The van der Waals surface area contributed by atoms with Crippen molar-refractivity contribution in [1.82, 2.24) is 20.5 Å². The van der Waals surface area contributed by atoms with Crippen LogP contribution in [0.4, 0.5) is 0 Å². The lowest BCUT2D eigenvalue weighted by atomic mass is 10.0. The highest BCUT2D eigenvalue weighted by Crippen LogP contribution is 2.41. The molecule has 0 aromatic carbocycles. The minimum absolute atomic E-state index is 0.0289. The molecule has 2 aromatic rings. The van der Waals surface area contributed by atoms with E-state index in [4.69, 9.17) is 0 Å². The van der Waals surface area contributed by atoms with Crippen molar-refractivity contribution in [1.29, 1.82) is 0 Å². The summed E-state index contributed by atoms with van der Waals surface area (Å²) in [6.07, 6.45) is 4.48. The Kier molecular flexibility index (Phi) is 3.96. The number of rotatable bonds is 5. The molecule has 1 amide bonds. The van der Waals surface area contributed by atoms with Crippen molar-refractivity contribution in [2.75, 3.05) is 0 Å². The molecule has 1 fully saturated rings. The second-order valence-electron chi connectivity index (χ2n) is 6.18. The van der Waals surface area contributed by atoms with Crippen LogP contribution in [-0.4, -0.2) is 21.1 Å². The standard InChI is InChI=1S/C17H22N4O/c1-10-5-4-8-18-16(10)17(13-6-7-13)19-15(22)9-14-11(2)20-21-12(14)3/h4-5,8,13,17H,6-7,9H2,1-3H3,(H,19,22)(H,20,21)/t17-/m0/s1. The number of aromatic amines is 1. The lowest BCUT2D eigenvalue weighted by molar-refractivity contribution is -0.121. The molecule has 1 atom stereocenters. The summed E-state index contributed by atoms with van der Waals surface area (Å²) in [4.78, 5) is 17.0. The number of pyridine rings is 1. The quantitative estimate of drug-likeness (QED) is 0.891. The highest BCUT2D eigenvalue weighted by atomic mass is 16.1. The minimum Gasteiger partial charge on any atom is -0.347 e. The number of hydrogen-bond acceptors (Lipinski definition) is 3. The number of amides is 1. The van der Waals surface area contributed by atoms with Crippen LogP contribution in [0.5, 0.6) is 0 Å². The molecule has 1 aliphatic rings. The van der Waals surface area contributed by atoms with E-state index < -0.39 is 0 Å². The van der Waals surface area contributed by atoms with Crippen molar-refractivity contribution in [2.24, 2.45) is 5.92 Å². The summed E-state index contributed by atoms with van der Waals surface area (Å²) in [5.74, 6) is 0.554. The van der Waals surface area contributed by atoms with Crippen LogP contribution in [0.2, 0.25) is 0 Å². The molecule has 2 aromatic heterocycles. The maximum absolute atomic E-state index is 12.5. The molecular weight excluding hydrogens is 276 g/mol. The van der Waals surface area contributed by atoms with Gasteiger partial charge in [-0.1, -0.05) is 6.07 Å². The molecule has 0 spiro atoms. The number of H-pyrrole nitrogens is 1. The molecule has 0 bridgehead atoms. The highest BCUT2D eigenvalue weighted by Gasteiger charge is 2.35. The van der Waals surface area contributed by atoms with Crippen molar-refractivity contribution in [3.05, 3.63) is 46.5 Å². The van der Waals surface area contributed by atoms with Gasteiger partial charge in [-0.2, -0.15) is 5.10 Å². The zero-order valence-corrected chi connectivity index (χ0v) is 13.3. The normalized spacial score (nSPS) is 15.6. The van der Waals surface area contributed by atoms with E-state index in [0.717, 1.165) is 41.1 Å². The molecule has 2 N–H and O–H groups in total. The van der Waals surface area contributed by atoms with Crippen molar-refractivity contribution >= 4 is 5.91 Å². The van der Waals surface area contributed by atoms with Crippen molar-refractivity contribution in [2.45, 2.75) is 46.1 Å². The molecule has 0 aliphatic heterocycles. The van der Waals surface area contributed by atoms with Gasteiger partial charge in [0, 0.05) is 17.5 Å². The van der Waals surface area contributed by atoms with Crippen molar-refractivity contribution < 1.29 is 4.79 Å². The predicted molar refractivity (Wildman–Crippen MR) is 84.3 cm³/mol. The molecule has 116 valence electrons. The zero-order chi connectivity index (χ0) is 15.7. The summed E-state index contributed by atoms with van der Waals surface area (Å²) in [6.45, 7) is 5.92. The molecule has 2 heterocycles. The van der Waals surface area contributed by atoms with Crippen molar-refractivity contribution in [3.8, 4) is 0 Å². The summed E-state index contributed by atoms with van der Waals surface area (Å²) in [7, 11) is 0. The molecule has 5 heteroatoms. The summed E-state index contributed by atoms with van der Waals surface area (Å²) in [5, 5.41) is 10.3. The third-order valence-electron chi connectivity index (χ3n) is 4.37. The Balaban J connectivity index is 1.75. The van der Waals surface area contributed by atoms with Gasteiger partial charge in [0.25, 0.3) is 0 Å². The smallest absolute Gasteiger partial charge is 0.225 e. The third kappa shape index (κ3) is 3.03. The molecule has 1 aliphatic carbocycles. The molecule has 1 saturated carbocycles. The first-order valence-corrected chi connectivity index (χ1v) is 7.77. The molecule has 0 unspecified atom stereocenters. The van der Waals surface area contributed by atoms with E-state index in [-0.39, 0.29) is 11.9 Å². The highest BCUT2D eigenvalue weighted by molar-refractivity contribution is 5.79. The van der Waals surface area contributed by atoms with Gasteiger partial charge >= 0.3 is 0 Å². The van der Waals surface area contributed by atoms with Crippen LogP contribution in [0.3, 0.4) is 0 Å². The zero-order valence-electron chi connectivity index (χ0n) is 13.3. The van der Waals surface area contributed by atoms with Gasteiger partial charge in [0.2, 0.25) is 5.91 Å². The van der Waals surface area contributed by atoms with Crippen LogP contribution in [0.25, 0.3) is 0 Å². The molecular formula is C17H22N4O.